The second-order valence-electron chi connectivity index (χ2n) is 6.19. The van der Waals surface area contributed by atoms with Gasteiger partial charge in [0, 0.05) is 12.1 Å². The van der Waals surface area contributed by atoms with Crippen LogP contribution in [0.1, 0.15) is 22.0 Å². The van der Waals surface area contributed by atoms with E-state index in [1.165, 1.54) is 12.1 Å². The maximum Gasteiger partial charge on any atom is 0.254 e. The molecule has 3 aromatic rings. The summed E-state index contributed by atoms with van der Waals surface area (Å²) in [5, 5.41) is 2.01. The summed E-state index contributed by atoms with van der Waals surface area (Å²) in [7, 11) is 0. The Hall–Kier alpha value is -2.72. The summed E-state index contributed by atoms with van der Waals surface area (Å²) < 4.78 is 18.9. The molecule has 126 valence electrons. The first-order valence-corrected chi connectivity index (χ1v) is 8.36. The number of amides is 1. The van der Waals surface area contributed by atoms with Crippen LogP contribution >= 0.6 is 0 Å². The van der Waals surface area contributed by atoms with Crippen molar-refractivity contribution >= 4 is 16.7 Å². The molecule has 0 saturated carbocycles. The molecule has 1 aliphatic rings. The van der Waals surface area contributed by atoms with Gasteiger partial charge in [0.05, 0.1) is 13.2 Å². The van der Waals surface area contributed by atoms with E-state index in [-0.39, 0.29) is 17.8 Å². The van der Waals surface area contributed by atoms with Crippen LogP contribution in [-0.4, -0.2) is 30.5 Å². The minimum absolute atomic E-state index is 0.00668. The zero-order valence-corrected chi connectivity index (χ0v) is 13.7. The molecule has 3 aromatic carbocycles. The fourth-order valence-electron chi connectivity index (χ4n) is 3.30. The molecule has 1 atom stereocenters. The summed E-state index contributed by atoms with van der Waals surface area (Å²) in [5.41, 5.74) is 1.59. The molecule has 1 aliphatic heterocycles. The SMILES string of the molecule is O=C(c1cccc2ccccc12)N1CCOC(c2ccc(F)cc2)C1. The van der Waals surface area contributed by atoms with Gasteiger partial charge in [0.2, 0.25) is 0 Å². The van der Waals surface area contributed by atoms with Crippen molar-refractivity contribution in [1.82, 2.24) is 4.90 Å². The van der Waals surface area contributed by atoms with Crippen molar-refractivity contribution in [1.29, 1.82) is 0 Å². The summed E-state index contributed by atoms with van der Waals surface area (Å²) in [6, 6.07) is 19.9. The third-order valence-corrected chi connectivity index (χ3v) is 4.62. The van der Waals surface area contributed by atoms with E-state index in [1.807, 2.05) is 47.4 Å². The fraction of sp³-hybridized carbons (Fsp3) is 0.190. The Morgan fingerprint density at radius 2 is 1.76 bits per heavy atom. The number of morpholine rings is 1. The Bertz CT molecular complexity index is 902. The van der Waals surface area contributed by atoms with E-state index in [0.29, 0.717) is 25.3 Å². The van der Waals surface area contributed by atoms with E-state index in [9.17, 15) is 9.18 Å². The molecule has 25 heavy (non-hydrogen) atoms. The molecule has 0 N–H and O–H groups in total. The van der Waals surface area contributed by atoms with Gasteiger partial charge in [0.25, 0.3) is 5.91 Å². The van der Waals surface area contributed by atoms with E-state index >= 15 is 0 Å². The number of fused-ring (bicyclic) bond motifs is 1. The number of benzene rings is 3. The van der Waals surface area contributed by atoms with E-state index in [0.717, 1.165) is 16.3 Å². The third-order valence-electron chi connectivity index (χ3n) is 4.62. The van der Waals surface area contributed by atoms with Gasteiger partial charge < -0.3 is 9.64 Å². The zero-order chi connectivity index (χ0) is 17.2. The summed E-state index contributed by atoms with van der Waals surface area (Å²) in [6.45, 7) is 1.49. The lowest BCUT2D eigenvalue weighted by molar-refractivity contribution is -0.0227. The molecule has 3 nitrogen and oxygen atoms in total. The summed E-state index contributed by atoms with van der Waals surface area (Å²) >= 11 is 0. The van der Waals surface area contributed by atoms with Gasteiger partial charge in [-0.05, 0) is 34.5 Å². The fourth-order valence-corrected chi connectivity index (χ4v) is 3.30. The average molecular weight is 335 g/mol. The molecule has 1 amide bonds. The van der Waals surface area contributed by atoms with Gasteiger partial charge in [-0.3, -0.25) is 4.79 Å². The van der Waals surface area contributed by atoms with Gasteiger partial charge in [-0.25, -0.2) is 4.39 Å². The van der Waals surface area contributed by atoms with Crippen LogP contribution in [0.25, 0.3) is 10.8 Å². The Labute approximate surface area is 145 Å². The minimum atomic E-state index is -0.275. The highest BCUT2D eigenvalue weighted by Gasteiger charge is 2.26. The first kappa shape index (κ1) is 15.8. The number of hydrogen-bond acceptors (Lipinski definition) is 2. The molecule has 1 unspecified atom stereocenters. The van der Waals surface area contributed by atoms with Crippen LogP contribution in [-0.2, 0) is 4.74 Å². The molecular weight excluding hydrogens is 317 g/mol. The highest BCUT2D eigenvalue weighted by molar-refractivity contribution is 6.07. The molecule has 1 fully saturated rings. The van der Waals surface area contributed by atoms with Gasteiger partial charge >= 0.3 is 0 Å². The molecule has 0 spiro atoms. The molecule has 1 heterocycles. The number of carbonyl (C=O) groups excluding carboxylic acids is 1. The zero-order valence-electron chi connectivity index (χ0n) is 13.7. The molecule has 0 aliphatic carbocycles. The topological polar surface area (TPSA) is 29.5 Å². The number of ether oxygens (including phenoxy) is 1. The Kier molecular flexibility index (Phi) is 4.20. The van der Waals surface area contributed by atoms with Gasteiger partial charge in [-0.15, -0.1) is 0 Å². The lowest BCUT2D eigenvalue weighted by Crippen LogP contribution is -2.42. The number of carbonyl (C=O) groups is 1. The highest BCUT2D eigenvalue weighted by atomic mass is 19.1. The van der Waals surface area contributed by atoms with Crippen molar-refractivity contribution < 1.29 is 13.9 Å². The molecule has 4 rings (SSSR count). The molecule has 1 saturated heterocycles. The van der Waals surface area contributed by atoms with E-state index in [2.05, 4.69) is 0 Å². The van der Waals surface area contributed by atoms with Crippen molar-refractivity contribution in [3.63, 3.8) is 0 Å². The number of halogens is 1. The summed E-state index contributed by atoms with van der Waals surface area (Å²) in [5.74, 6) is -0.268. The van der Waals surface area contributed by atoms with E-state index in [1.54, 1.807) is 12.1 Å². The van der Waals surface area contributed by atoms with Crippen LogP contribution in [0.4, 0.5) is 4.39 Å². The molecule has 4 heteroatoms. The largest absolute Gasteiger partial charge is 0.370 e. The van der Waals surface area contributed by atoms with E-state index < -0.39 is 0 Å². The second-order valence-corrected chi connectivity index (χ2v) is 6.19. The number of rotatable bonds is 2. The normalized spacial score (nSPS) is 17.6. The van der Waals surface area contributed by atoms with Crippen LogP contribution in [0.15, 0.2) is 66.7 Å². The maximum absolute atomic E-state index is 13.1. The van der Waals surface area contributed by atoms with Crippen LogP contribution in [0.2, 0.25) is 0 Å². The Balaban J connectivity index is 1.60. The summed E-state index contributed by atoms with van der Waals surface area (Å²) in [6.07, 6.45) is -0.228. The van der Waals surface area contributed by atoms with Gasteiger partial charge in [0.1, 0.15) is 11.9 Å². The predicted molar refractivity (Wildman–Crippen MR) is 94.9 cm³/mol. The highest BCUT2D eigenvalue weighted by Crippen LogP contribution is 2.25. The van der Waals surface area contributed by atoms with Crippen molar-refractivity contribution in [3.05, 3.63) is 83.7 Å². The lowest BCUT2D eigenvalue weighted by Gasteiger charge is -2.33. The van der Waals surface area contributed by atoms with Crippen LogP contribution in [0, 0.1) is 5.82 Å². The maximum atomic E-state index is 13.1. The smallest absolute Gasteiger partial charge is 0.254 e. The van der Waals surface area contributed by atoms with Gasteiger partial charge in [-0.2, -0.15) is 0 Å². The van der Waals surface area contributed by atoms with Crippen LogP contribution in [0.3, 0.4) is 0 Å². The lowest BCUT2D eigenvalue weighted by atomic mass is 10.0. The minimum Gasteiger partial charge on any atom is -0.370 e. The molecule has 0 aromatic heterocycles. The number of nitrogens with zero attached hydrogens (tertiary/aromatic N) is 1. The Morgan fingerprint density at radius 1 is 1.00 bits per heavy atom. The van der Waals surface area contributed by atoms with Gasteiger partial charge in [-0.1, -0.05) is 48.5 Å². The van der Waals surface area contributed by atoms with Crippen molar-refractivity contribution in [3.8, 4) is 0 Å². The second kappa shape index (κ2) is 6.65. The van der Waals surface area contributed by atoms with E-state index in [4.69, 9.17) is 4.74 Å². The molecule has 0 bridgehead atoms. The van der Waals surface area contributed by atoms with Crippen molar-refractivity contribution in [2.45, 2.75) is 6.10 Å². The third kappa shape index (κ3) is 3.13. The van der Waals surface area contributed by atoms with Crippen LogP contribution in [0.5, 0.6) is 0 Å². The first-order valence-electron chi connectivity index (χ1n) is 8.36. The average Bonchev–Trinajstić information content (AvgIpc) is 2.68. The molecular formula is C21H18FNO2. The molecule has 0 radical (unpaired) electrons. The van der Waals surface area contributed by atoms with Crippen molar-refractivity contribution in [2.24, 2.45) is 0 Å². The Morgan fingerprint density at radius 3 is 2.60 bits per heavy atom. The summed E-state index contributed by atoms with van der Waals surface area (Å²) in [4.78, 5) is 14.9. The standard InChI is InChI=1S/C21H18FNO2/c22-17-10-8-16(9-11-17)20-14-23(12-13-25-20)21(24)19-7-3-5-15-4-1-2-6-18(15)19/h1-11,20H,12-14H2. The van der Waals surface area contributed by atoms with Gasteiger partial charge in [0.15, 0.2) is 0 Å². The quantitative estimate of drug-likeness (QED) is 0.703. The number of hydrogen-bond donors (Lipinski definition) is 0. The monoisotopic (exact) mass is 335 g/mol. The van der Waals surface area contributed by atoms with Crippen LogP contribution < -0.4 is 0 Å². The first-order chi connectivity index (χ1) is 12.2. The van der Waals surface area contributed by atoms with Crippen molar-refractivity contribution in [2.75, 3.05) is 19.7 Å². The predicted octanol–water partition coefficient (Wildman–Crippen LogP) is 4.19.